The number of anilines is 1. The highest BCUT2D eigenvalue weighted by Gasteiger charge is 2.34. The van der Waals surface area contributed by atoms with Crippen LogP contribution in [0.4, 0.5) is 5.69 Å². The number of nitrogens with one attached hydrogen (secondary N) is 3. The van der Waals surface area contributed by atoms with Crippen molar-refractivity contribution in [2.45, 2.75) is 38.6 Å². The number of benzene rings is 2. The van der Waals surface area contributed by atoms with Crippen LogP contribution in [0.3, 0.4) is 0 Å². The van der Waals surface area contributed by atoms with E-state index in [9.17, 15) is 9.59 Å². The largest absolute Gasteiger partial charge is 0.385 e. The maximum Gasteiger partial charge on any atom is 0.251 e. The summed E-state index contributed by atoms with van der Waals surface area (Å²) in [5, 5.41) is 16.4. The van der Waals surface area contributed by atoms with Crippen LogP contribution in [0, 0.1) is 12.8 Å². The molecule has 0 radical (unpaired) electrons. The minimum Gasteiger partial charge on any atom is -0.385 e. The number of carbonyl (C=O) groups excluding carboxylic acids is 2. The van der Waals surface area contributed by atoms with Crippen molar-refractivity contribution in [3.8, 4) is 0 Å². The molecule has 0 aliphatic heterocycles. The number of aryl methyl sites for hydroxylation is 1. The number of aromatic nitrogens is 1. The van der Waals surface area contributed by atoms with Crippen LogP contribution < -0.4 is 16.1 Å². The molecule has 1 aliphatic carbocycles. The first-order chi connectivity index (χ1) is 15.5. The molecule has 0 saturated heterocycles. The Balaban J connectivity index is 1.33. The van der Waals surface area contributed by atoms with Crippen molar-refractivity contribution >= 4 is 28.4 Å². The zero-order chi connectivity index (χ0) is 22.5. The Labute approximate surface area is 187 Å². The Bertz CT molecular complexity index is 1110. The van der Waals surface area contributed by atoms with Gasteiger partial charge in [-0.05, 0) is 68.1 Å². The lowest BCUT2D eigenvalue weighted by atomic mass is 10.0. The molecule has 1 fully saturated rings. The van der Waals surface area contributed by atoms with E-state index in [4.69, 9.17) is 5.21 Å². The number of carbonyl (C=O) groups is 2. The van der Waals surface area contributed by atoms with Crippen LogP contribution in [0.25, 0.3) is 10.9 Å². The fourth-order valence-corrected chi connectivity index (χ4v) is 4.46. The second-order valence-electron chi connectivity index (χ2n) is 8.29. The molecule has 1 heterocycles. The third-order valence-electron chi connectivity index (χ3n) is 6.08. The Morgan fingerprint density at radius 2 is 1.88 bits per heavy atom. The highest BCUT2D eigenvalue weighted by atomic mass is 16.5. The number of hydroxylamine groups is 1. The number of para-hydroxylation sites is 1. The van der Waals surface area contributed by atoms with Gasteiger partial charge in [0, 0.05) is 34.9 Å². The van der Waals surface area contributed by atoms with Gasteiger partial charge in [0.05, 0.1) is 11.4 Å². The number of fused-ring (bicyclic) bond motifs is 1. The number of amides is 2. The predicted molar refractivity (Wildman–Crippen MR) is 124 cm³/mol. The monoisotopic (exact) mass is 432 g/mol. The van der Waals surface area contributed by atoms with Crippen LogP contribution in [0.5, 0.6) is 0 Å². The number of nitrogens with zero attached hydrogens (tertiary/aromatic N) is 1. The van der Waals surface area contributed by atoms with Crippen molar-refractivity contribution in [3.63, 3.8) is 0 Å². The molecule has 4 rings (SSSR count). The van der Waals surface area contributed by atoms with Crippen LogP contribution in [-0.2, 0) is 11.2 Å². The average molecular weight is 433 g/mol. The SMILES string of the molecule is Cc1cc(CCNc2ccc(C(=O)N[C@@H]3CCC[C@@H]3C(=O)NO)cc2)c2ccccc2n1. The number of hydrogen-bond donors (Lipinski definition) is 4. The predicted octanol–water partition coefficient (Wildman–Crippen LogP) is 3.60. The van der Waals surface area contributed by atoms with Crippen LogP contribution in [-0.4, -0.2) is 34.6 Å². The smallest absolute Gasteiger partial charge is 0.251 e. The van der Waals surface area contributed by atoms with Crippen molar-refractivity contribution in [3.05, 3.63) is 71.4 Å². The molecule has 32 heavy (non-hydrogen) atoms. The van der Waals surface area contributed by atoms with Crippen molar-refractivity contribution in [1.82, 2.24) is 15.8 Å². The molecule has 1 saturated carbocycles. The topological polar surface area (TPSA) is 103 Å². The van der Waals surface area contributed by atoms with Gasteiger partial charge >= 0.3 is 0 Å². The molecular weight excluding hydrogens is 404 g/mol. The van der Waals surface area contributed by atoms with Crippen molar-refractivity contribution in [1.29, 1.82) is 0 Å². The summed E-state index contributed by atoms with van der Waals surface area (Å²) >= 11 is 0. The molecule has 166 valence electrons. The van der Waals surface area contributed by atoms with Gasteiger partial charge in [0.15, 0.2) is 0 Å². The lowest BCUT2D eigenvalue weighted by Crippen LogP contribution is -2.43. The molecule has 2 amide bonds. The third kappa shape index (κ3) is 4.89. The zero-order valence-corrected chi connectivity index (χ0v) is 18.1. The van der Waals surface area contributed by atoms with E-state index in [-0.39, 0.29) is 11.9 Å². The Kier molecular flexibility index (Phi) is 6.66. The summed E-state index contributed by atoms with van der Waals surface area (Å²) in [6, 6.07) is 17.4. The second-order valence-corrected chi connectivity index (χ2v) is 8.29. The maximum absolute atomic E-state index is 12.6. The summed E-state index contributed by atoms with van der Waals surface area (Å²) in [5.41, 5.74) is 6.46. The van der Waals surface area contributed by atoms with E-state index >= 15 is 0 Å². The molecule has 0 spiro atoms. The van der Waals surface area contributed by atoms with Crippen LogP contribution in [0.2, 0.25) is 0 Å². The molecular formula is C25H28N4O3. The van der Waals surface area contributed by atoms with Gasteiger partial charge in [0.1, 0.15) is 0 Å². The summed E-state index contributed by atoms with van der Waals surface area (Å²) < 4.78 is 0. The van der Waals surface area contributed by atoms with Crippen LogP contribution >= 0.6 is 0 Å². The molecule has 0 bridgehead atoms. The minimum atomic E-state index is -0.440. The molecule has 1 aliphatic rings. The van der Waals surface area contributed by atoms with Crippen LogP contribution in [0.15, 0.2) is 54.6 Å². The summed E-state index contributed by atoms with van der Waals surface area (Å²) in [6.07, 6.45) is 3.10. The molecule has 2 atom stereocenters. The highest BCUT2D eigenvalue weighted by molar-refractivity contribution is 5.95. The van der Waals surface area contributed by atoms with Gasteiger partial charge in [-0.15, -0.1) is 0 Å². The van der Waals surface area contributed by atoms with E-state index in [1.54, 1.807) is 17.6 Å². The Hall–Kier alpha value is -3.45. The lowest BCUT2D eigenvalue weighted by Gasteiger charge is -2.19. The summed E-state index contributed by atoms with van der Waals surface area (Å²) in [6.45, 7) is 2.77. The quantitative estimate of drug-likeness (QED) is 0.337. The average Bonchev–Trinajstić information content (AvgIpc) is 3.27. The maximum atomic E-state index is 12.6. The van der Waals surface area contributed by atoms with Gasteiger partial charge in [-0.2, -0.15) is 0 Å². The van der Waals surface area contributed by atoms with Gasteiger partial charge < -0.3 is 10.6 Å². The molecule has 2 aromatic carbocycles. The zero-order valence-electron chi connectivity index (χ0n) is 18.1. The van der Waals surface area contributed by atoms with E-state index in [2.05, 4.69) is 27.8 Å². The fourth-order valence-electron chi connectivity index (χ4n) is 4.46. The molecule has 7 heteroatoms. The Morgan fingerprint density at radius 3 is 2.66 bits per heavy atom. The molecule has 0 unspecified atom stereocenters. The summed E-state index contributed by atoms with van der Waals surface area (Å²) in [4.78, 5) is 28.9. The number of rotatable bonds is 7. The summed E-state index contributed by atoms with van der Waals surface area (Å²) in [7, 11) is 0. The number of pyridine rings is 1. The van der Waals surface area contributed by atoms with Gasteiger partial charge in [0.25, 0.3) is 5.91 Å². The van der Waals surface area contributed by atoms with Crippen molar-refractivity contribution < 1.29 is 14.8 Å². The fraction of sp³-hybridized carbons (Fsp3) is 0.320. The third-order valence-corrected chi connectivity index (χ3v) is 6.08. The van der Waals surface area contributed by atoms with E-state index in [1.807, 2.05) is 37.3 Å². The second kappa shape index (κ2) is 9.78. The minimum absolute atomic E-state index is 0.210. The first-order valence-electron chi connectivity index (χ1n) is 11.0. The van der Waals surface area contributed by atoms with Crippen molar-refractivity contribution in [2.75, 3.05) is 11.9 Å². The van der Waals surface area contributed by atoms with Gasteiger partial charge in [0.2, 0.25) is 5.91 Å². The van der Waals surface area contributed by atoms with E-state index in [0.717, 1.165) is 42.7 Å². The van der Waals surface area contributed by atoms with Gasteiger partial charge in [-0.25, -0.2) is 5.48 Å². The number of hydrogen-bond acceptors (Lipinski definition) is 5. The normalized spacial score (nSPS) is 17.8. The Morgan fingerprint density at radius 1 is 1.09 bits per heavy atom. The lowest BCUT2D eigenvalue weighted by molar-refractivity contribution is -0.133. The molecule has 4 N–H and O–H groups in total. The molecule has 1 aromatic heterocycles. The van der Waals surface area contributed by atoms with E-state index in [0.29, 0.717) is 12.0 Å². The first-order valence-corrected chi connectivity index (χ1v) is 11.0. The van der Waals surface area contributed by atoms with Crippen LogP contribution in [0.1, 0.15) is 40.9 Å². The molecule has 7 nitrogen and oxygen atoms in total. The van der Waals surface area contributed by atoms with Gasteiger partial charge in [-0.1, -0.05) is 24.6 Å². The van der Waals surface area contributed by atoms with Gasteiger partial charge in [-0.3, -0.25) is 19.8 Å². The highest BCUT2D eigenvalue weighted by Crippen LogP contribution is 2.26. The van der Waals surface area contributed by atoms with E-state index in [1.165, 1.54) is 10.9 Å². The standard InChI is InChI=1S/C25H28N4O3/c1-16-15-18(20-5-2-3-7-22(20)27-16)13-14-26-19-11-9-17(10-12-19)24(30)28-23-8-4-6-21(23)25(31)29-32/h2-3,5,7,9-12,15,21,23,26,32H,4,6,8,13-14H2,1H3,(H,28,30)(H,29,31)/t21-,23+/m0/s1. The summed E-state index contributed by atoms with van der Waals surface area (Å²) in [5.74, 6) is -1.04. The first kappa shape index (κ1) is 21.8. The molecule has 3 aromatic rings. The van der Waals surface area contributed by atoms with E-state index < -0.39 is 11.8 Å². The van der Waals surface area contributed by atoms with Crippen molar-refractivity contribution in [2.24, 2.45) is 5.92 Å².